The summed E-state index contributed by atoms with van der Waals surface area (Å²) in [5.41, 5.74) is 0. The SMILES string of the molecule is CC1C(C)C(C)C(CCC2CCCN2C)C1C. The highest BCUT2D eigenvalue weighted by Crippen LogP contribution is 2.47. The molecule has 2 rings (SSSR count). The quantitative estimate of drug-likeness (QED) is 0.716. The van der Waals surface area contributed by atoms with E-state index in [-0.39, 0.29) is 0 Å². The van der Waals surface area contributed by atoms with Crippen molar-refractivity contribution in [2.75, 3.05) is 13.6 Å². The summed E-state index contributed by atoms with van der Waals surface area (Å²) in [5.74, 6) is 4.71. The molecule has 1 aliphatic carbocycles. The van der Waals surface area contributed by atoms with Gasteiger partial charge in [-0.15, -0.1) is 0 Å². The molecular weight excluding hydrogens is 206 g/mol. The molecule has 1 aliphatic heterocycles. The fourth-order valence-electron chi connectivity index (χ4n) is 4.47. The van der Waals surface area contributed by atoms with E-state index in [1.54, 1.807) is 0 Å². The van der Waals surface area contributed by atoms with Gasteiger partial charge in [0.15, 0.2) is 0 Å². The summed E-state index contributed by atoms with van der Waals surface area (Å²) in [4.78, 5) is 2.58. The van der Waals surface area contributed by atoms with Gasteiger partial charge in [-0.2, -0.15) is 0 Å². The second kappa shape index (κ2) is 5.30. The van der Waals surface area contributed by atoms with Crippen LogP contribution in [0.15, 0.2) is 0 Å². The maximum absolute atomic E-state index is 2.58. The fourth-order valence-corrected chi connectivity index (χ4v) is 4.47. The molecule has 1 heterocycles. The molecule has 5 atom stereocenters. The first kappa shape index (κ1) is 13.4. The van der Waals surface area contributed by atoms with E-state index < -0.39 is 0 Å². The Labute approximate surface area is 108 Å². The third-order valence-electron chi connectivity index (χ3n) is 6.34. The molecule has 0 spiro atoms. The summed E-state index contributed by atoms with van der Waals surface area (Å²) in [5, 5.41) is 0. The van der Waals surface area contributed by atoms with E-state index >= 15 is 0 Å². The van der Waals surface area contributed by atoms with Crippen LogP contribution in [0.1, 0.15) is 53.4 Å². The van der Waals surface area contributed by atoms with Crippen LogP contribution in [-0.4, -0.2) is 24.5 Å². The summed E-state index contributed by atoms with van der Waals surface area (Å²) in [7, 11) is 2.31. The maximum atomic E-state index is 2.58. The number of hydrogen-bond acceptors (Lipinski definition) is 1. The van der Waals surface area contributed by atoms with Crippen molar-refractivity contribution in [3.63, 3.8) is 0 Å². The predicted molar refractivity (Wildman–Crippen MR) is 75.0 cm³/mol. The summed E-state index contributed by atoms with van der Waals surface area (Å²) in [6.45, 7) is 11.2. The smallest absolute Gasteiger partial charge is 0.00927 e. The first-order valence-electron chi connectivity index (χ1n) is 7.72. The average molecular weight is 237 g/mol. The Morgan fingerprint density at radius 1 is 0.882 bits per heavy atom. The number of likely N-dealkylation sites (tertiary alicyclic amines) is 1. The lowest BCUT2D eigenvalue weighted by molar-refractivity contribution is 0.236. The molecule has 100 valence electrons. The highest BCUT2D eigenvalue weighted by Gasteiger charge is 2.41. The van der Waals surface area contributed by atoms with Crippen molar-refractivity contribution >= 4 is 0 Å². The minimum absolute atomic E-state index is 0.889. The molecule has 0 N–H and O–H groups in total. The van der Waals surface area contributed by atoms with Gasteiger partial charge in [0.25, 0.3) is 0 Å². The summed E-state index contributed by atoms with van der Waals surface area (Å²) >= 11 is 0. The maximum Gasteiger partial charge on any atom is 0.00927 e. The van der Waals surface area contributed by atoms with E-state index in [2.05, 4.69) is 39.6 Å². The van der Waals surface area contributed by atoms with E-state index in [1.807, 2.05) is 0 Å². The molecule has 1 nitrogen and oxygen atoms in total. The van der Waals surface area contributed by atoms with Crippen molar-refractivity contribution < 1.29 is 0 Å². The molecule has 0 radical (unpaired) electrons. The van der Waals surface area contributed by atoms with Gasteiger partial charge in [0, 0.05) is 6.04 Å². The van der Waals surface area contributed by atoms with Gasteiger partial charge in [-0.3, -0.25) is 0 Å². The molecule has 1 heteroatoms. The standard InChI is InChI=1S/C16H31N/c1-11-12(2)14(4)16(13(11)3)9-8-15-7-6-10-17(15)5/h11-16H,6-10H2,1-5H3. The van der Waals surface area contributed by atoms with Crippen LogP contribution in [0.2, 0.25) is 0 Å². The molecule has 0 aromatic heterocycles. The zero-order valence-corrected chi connectivity index (χ0v) is 12.4. The monoisotopic (exact) mass is 237 g/mol. The van der Waals surface area contributed by atoms with E-state index in [4.69, 9.17) is 0 Å². The molecular formula is C16H31N. The van der Waals surface area contributed by atoms with E-state index in [0.29, 0.717) is 0 Å². The van der Waals surface area contributed by atoms with Gasteiger partial charge >= 0.3 is 0 Å². The highest BCUT2D eigenvalue weighted by molar-refractivity contribution is 4.90. The summed E-state index contributed by atoms with van der Waals surface area (Å²) in [6.07, 6.45) is 5.77. The Morgan fingerprint density at radius 2 is 1.47 bits per heavy atom. The van der Waals surface area contributed by atoms with Gasteiger partial charge in [0.2, 0.25) is 0 Å². The molecule has 2 aliphatic rings. The lowest BCUT2D eigenvalue weighted by Gasteiger charge is -2.25. The Morgan fingerprint density at radius 3 is 1.94 bits per heavy atom. The molecule has 2 fully saturated rings. The minimum Gasteiger partial charge on any atom is -0.303 e. The van der Waals surface area contributed by atoms with Crippen LogP contribution in [-0.2, 0) is 0 Å². The fraction of sp³-hybridized carbons (Fsp3) is 1.00. The normalized spacial score (nSPS) is 47.8. The molecule has 5 unspecified atom stereocenters. The summed E-state index contributed by atoms with van der Waals surface area (Å²) in [6, 6.07) is 0.889. The Hall–Kier alpha value is -0.0400. The van der Waals surface area contributed by atoms with Gasteiger partial charge in [-0.1, -0.05) is 27.7 Å². The number of hydrogen-bond donors (Lipinski definition) is 0. The van der Waals surface area contributed by atoms with Crippen LogP contribution in [0.25, 0.3) is 0 Å². The third-order valence-corrected chi connectivity index (χ3v) is 6.34. The van der Waals surface area contributed by atoms with Crippen LogP contribution in [0, 0.1) is 29.6 Å². The van der Waals surface area contributed by atoms with Crippen LogP contribution in [0.4, 0.5) is 0 Å². The zero-order valence-electron chi connectivity index (χ0n) is 12.4. The largest absolute Gasteiger partial charge is 0.303 e. The van der Waals surface area contributed by atoms with Crippen molar-refractivity contribution in [2.24, 2.45) is 29.6 Å². The van der Waals surface area contributed by atoms with Gasteiger partial charge in [-0.25, -0.2) is 0 Å². The van der Waals surface area contributed by atoms with Crippen molar-refractivity contribution in [1.82, 2.24) is 4.90 Å². The highest BCUT2D eigenvalue weighted by atomic mass is 15.1. The zero-order chi connectivity index (χ0) is 12.6. The number of rotatable bonds is 3. The third kappa shape index (κ3) is 2.54. The second-order valence-corrected chi connectivity index (χ2v) is 6.95. The molecule has 0 bridgehead atoms. The second-order valence-electron chi connectivity index (χ2n) is 6.95. The van der Waals surface area contributed by atoms with Gasteiger partial charge < -0.3 is 4.90 Å². The van der Waals surface area contributed by atoms with E-state index in [1.165, 1.54) is 32.2 Å². The average Bonchev–Trinajstić information content (AvgIpc) is 2.78. The Kier molecular flexibility index (Phi) is 4.18. The molecule has 0 aromatic rings. The van der Waals surface area contributed by atoms with Crippen molar-refractivity contribution in [3.05, 3.63) is 0 Å². The molecule has 0 aromatic carbocycles. The lowest BCUT2D eigenvalue weighted by Crippen LogP contribution is -2.26. The van der Waals surface area contributed by atoms with Crippen LogP contribution in [0.3, 0.4) is 0 Å². The van der Waals surface area contributed by atoms with Crippen LogP contribution in [0.5, 0.6) is 0 Å². The van der Waals surface area contributed by atoms with Gasteiger partial charge in [0.1, 0.15) is 0 Å². The minimum atomic E-state index is 0.889. The Bertz CT molecular complexity index is 236. The lowest BCUT2D eigenvalue weighted by atomic mass is 9.84. The molecule has 17 heavy (non-hydrogen) atoms. The van der Waals surface area contributed by atoms with E-state index in [9.17, 15) is 0 Å². The molecule has 0 amide bonds. The van der Waals surface area contributed by atoms with Crippen LogP contribution < -0.4 is 0 Å². The van der Waals surface area contributed by atoms with Gasteiger partial charge in [0.05, 0.1) is 0 Å². The molecule has 1 saturated carbocycles. The number of nitrogens with zero attached hydrogens (tertiary/aromatic N) is 1. The molecule has 1 saturated heterocycles. The van der Waals surface area contributed by atoms with Crippen LogP contribution >= 0.6 is 0 Å². The first-order valence-corrected chi connectivity index (χ1v) is 7.72. The van der Waals surface area contributed by atoms with Crippen molar-refractivity contribution in [1.29, 1.82) is 0 Å². The van der Waals surface area contributed by atoms with E-state index in [0.717, 1.165) is 35.6 Å². The van der Waals surface area contributed by atoms with Crippen molar-refractivity contribution in [2.45, 2.75) is 59.4 Å². The first-order chi connectivity index (χ1) is 8.02. The predicted octanol–water partition coefficient (Wildman–Crippen LogP) is 4.04. The summed E-state index contributed by atoms with van der Waals surface area (Å²) < 4.78 is 0. The Balaban J connectivity index is 1.86. The topological polar surface area (TPSA) is 3.24 Å². The van der Waals surface area contributed by atoms with Crippen molar-refractivity contribution in [3.8, 4) is 0 Å². The van der Waals surface area contributed by atoms with Gasteiger partial charge in [-0.05, 0) is 68.9 Å².